The topological polar surface area (TPSA) is 42.0 Å². The molecule has 0 radical (unpaired) electrons. The highest BCUT2D eigenvalue weighted by Gasteiger charge is 2.31. The second-order valence-corrected chi connectivity index (χ2v) is 5.99. The van der Waals surface area contributed by atoms with E-state index in [9.17, 15) is 4.79 Å². The lowest BCUT2D eigenvalue weighted by Gasteiger charge is -2.30. The molecule has 0 spiro atoms. The van der Waals surface area contributed by atoms with E-state index in [1.807, 2.05) is 19.1 Å². The van der Waals surface area contributed by atoms with Gasteiger partial charge in [0.2, 0.25) is 0 Å². The van der Waals surface area contributed by atoms with E-state index in [0.717, 1.165) is 43.7 Å². The average Bonchev–Trinajstić information content (AvgIpc) is 2.89. The maximum Gasteiger partial charge on any atom is 0.414 e. The Morgan fingerprint density at radius 1 is 1.33 bits per heavy atom. The Bertz CT molecular complexity index is 532. The highest BCUT2D eigenvalue weighted by Crippen LogP contribution is 2.26. The largest absolute Gasteiger partial charge is 0.444 e. The molecule has 3 rings (SSSR count). The number of anilines is 2. The van der Waals surface area contributed by atoms with Crippen molar-refractivity contribution in [3.63, 3.8) is 0 Å². The molecule has 2 aliphatic rings. The molecule has 0 bridgehead atoms. The zero-order valence-corrected chi connectivity index (χ0v) is 13.4. The van der Waals surface area contributed by atoms with Gasteiger partial charge in [-0.2, -0.15) is 0 Å². The maximum absolute atomic E-state index is 11.9. The first kappa shape index (κ1) is 14.6. The summed E-state index contributed by atoms with van der Waals surface area (Å²) in [6.45, 7) is 6.01. The average molecular weight is 308 g/mol. The molecule has 6 heteroatoms. The molecule has 2 heterocycles. The first-order valence-corrected chi connectivity index (χ1v) is 7.97. The number of benzene rings is 1. The van der Waals surface area contributed by atoms with E-state index in [1.54, 1.807) is 4.90 Å². The van der Waals surface area contributed by atoms with Crippen molar-refractivity contribution >= 4 is 32.0 Å². The van der Waals surface area contributed by atoms with E-state index in [4.69, 9.17) is 9.47 Å². The second-order valence-electron chi connectivity index (χ2n) is 5.37. The molecule has 1 aromatic carbocycles. The lowest BCUT2D eigenvalue weighted by molar-refractivity contribution is 0.123. The van der Waals surface area contributed by atoms with E-state index in [-0.39, 0.29) is 12.2 Å². The Kier molecular flexibility index (Phi) is 4.32. The summed E-state index contributed by atoms with van der Waals surface area (Å²) in [4.78, 5) is 15.9. The van der Waals surface area contributed by atoms with Crippen LogP contribution in [0.2, 0.25) is 0 Å². The number of cyclic esters (lactones) is 1. The molecule has 0 aliphatic carbocycles. The fourth-order valence-electron chi connectivity index (χ4n) is 2.75. The number of amides is 1. The van der Waals surface area contributed by atoms with Gasteiger partial charge < -0.3 is 14.4 Å². The van der Waals surface area contributed by atoms with Gasteiger partial charge in [-0.25, -0.2) is 4.79 Å². The maximum atomic E-state index is 11.9. The van der Waals surface area contributed by atoms with Gasteiger partial charge in [-0.1, -0.05) is 6.92 Å². The summed E-state index contributed by atoms with van der Waals surface area (Å²) < 4.78 is 10.7. The van der Waals surface area contributed by atoms with Gasteiger partial charge >= 0.3 is 6.09 Å². The van der Waals surface area contributed by atoms with Crippen LogP contribution < -0.4 is 15.1 Å². The van der Waals surface area contributed by atoms with E-state index in [1.165, 1.54) is 5.69 Å². The van der Waals surface area contributed by atoms with Crippen molar-refractivity contribution in [2.45, 2.75) is 19.4 Å². The van der Waals surface area contributed by atoms with Gasteiger partial charge in [-0.05, 0) is 29.9 Å². The van der Waals surface area contributed by atoms with Crippen LogP contribution in [0.5, 0.6) is 0 Å². The highest BCUT2D eigenvalue weighted by molar-refractivity contribution is 7.28. The number of hydrogen-bond acceptors (Lipinski definition) is 4. The van der Waals surface area contributed by atoms with Gasteiger partial charge in [0.25, 0.3) is 0 Å². The summed E-state index contributed by atoms with van der Waals surface area (Å²) in [6, 6.07) is 6.11. The number of carbonyl (C=O) groups is 1. The minimum atomic E-state index is -0.245. The Hall–Kier alpha value is -1.32. The van der Waals surface area contributed by atoms with Crippen molar-refractivity contribution in [1.29, 1.82) is 0 Å². The zero-order valence-electron chi connectivity index (χ0n) is 12.2. The summed E-state index contributed by atoms with van der Waals surface area (Å²) in [6.07, 6.45) is 0.608. The van der Waals surface area contributed by atoms with Crippen LogP contribution in [0.25, 0.3) is 0 Å². The molecule has 0 N–H and O–H groups in total. The number of rotatable bonds is 3. The van der Waals surface area contributed by atoms with E-state index in [0.29, 0.717) is 6.54 Å². The third kappa shape index (κ3) is 2.99. The van der Waals surface area contributed by atoms with Crippen molar-refractivity contribution in [3.8, 4) is 0 Å². The molecular formula is C15H21N2O3P. The molecule has 21 heavy (non-hydrogen) atoms. The lowest BCUT2D eigenvalue weighted by Crippen LogP contribution is -2.38. The SMILES string of the molecule is CCC1CN(c2ccc(N3CCOCC3)c(P)c2)C(=O)O1. The van der Waals surface area contributed by atoms with E-state index >= 15 is 0 Å². The molecular weight excluding hydrogens is 287 g/mol. The highest BCUT2D eigenvalue weighted by atomic mass is 31.0. The van der Waals surface area contributed by atoms with Crippen LogP contribution in [-0.4, -0.2) is 45.0 Å². The third-order valence-electron chi connectivity index (χ3n) is 4.00. The van der Waals surface area contributed by atoms with Crippen molar-refractivity contribution in [3.05, 3.63) is 18.2 Å². The normalized spacial score (nSPS) is 22.6. The standard InChI is InChI=1S/C15H21N2O3P/c1-2-12-10-17(15(18)20-12)11-3-4-13(14(21)9-11)16-5-7-19-8-6-16/h3-4,9,12H,2,5-8,10,21H2,1H3. The fourth-order valence-corrected chi connectivity index (χ4v) is 3.20. The van der Waals surface area contributed by atoms with Gasteiger partial charge in [-0.15, -0.1) is 9.24 Å². The molecule has 2 atom stereocenters. The van der Waals surface area contributed by atoms with Gasteiger partial charge in [0.05, 0.1) is 19.8 Å². The molecule has 114 valence electrons. The van der Waals surface area contributed by atoms with Crippen LogP contribution in [0.4, 0.5) is 16.2 Å². The first-order valence-electron chi connectivity index (χ1n) is 7.39. The first-order chi connectivity index (χ1) is 10.2. The minimum absolute atomic E-state index is 0.00405. The lowest BCUT2D eigenvalue weighted by atomic mass is 10.2. The number of carbonyl (C=O) groups excluding carboxylic acids is 1. The Morgan fingerprint density at radius 2 is 2.10 bits per heavy atom. The smallest absolute Gasteiger partial charge is 0.414 e. The van der Waals surface area contributed by atoms with Crippen LogP contribution in [0.3, 0.4) is 0 Å². The van der Waals surface area contributed by atoms with Crippen LogP contribution in [-0.2, 0) is 9.47 Å². The van der Waals surface area contributed by atoms with Gasteiger partial charge in [0.1, 0.15) is 6.10 Å². The number of hydrogen-bond donors (Lipinski definition) is 0. The number of morpholine rings is 1. The summed E-state index contributed by atoms with van der Waals surface area (Å²) in [5.41, 5.74) is 2.09. The summed E-state index contributed by atoms with van der Waals surface area (Å²) >= 11 is 0. The molecule has 0 saturated carbocycles. The summed E-state index contributed by atoms with van der Waals surface area (Å²) in [5.74, 6) is 0. The Morgan fingerprint density at radius 3 is 2.71 bits per heavy atom. The number of ether oxygens (including phenoxy) is 2. The number of nitrogens with zero attached hydrogens (tertiary/aromatic N) is 2. The van der Waals surface area contributed by atoms with Gasteiger partial charge in [0.15, 0.2) is 0 Å². The van der Waals surface area contributed by atoms with Crippen LogP contribution in [0.15, 0.2) is 18.2 Å². The molecule has 2 unspecified atom stereocenters. The van der Waals surface area contributed by atoms with Gasteiger partial charge in [-0.3, -0.25) is 4.90 Å². The van der Waals surface area contributed by atoms with Crippen LogP contribution >= 0.6 is 9.24 Å². The molecule has 2 saturated heterocycles. The van der Waals surface area contributed by atoms with Crippen molar-refractivity contribution < 1.29 is 14.3 Å². The monoisotopic (exact) mass is 308 g/mol. The third-order valence-corrected chi connectivity index (χ3v) is 4.47. The van der Waals surface area contributed by atoms with Crippen LogP contribution in [0.1, 0.15) is 13.3 Å². The fraction of sp³-hybridized carbons (Fsp3) is 0.533. The van der Waals surface area contributed by atoms with E-state index < -0.39 is 0 Å². The molecule has 2 fully saturated rings. The molecule has 2 aliphatic heterocycles. The predicted octanol–water partition coefficient (Wildman–Crippen LogP) is 1.76. The van der Waals surface area contributed by atoms with Crippen LogP contribution in [0, 0.1) is 0 Å². The minimum Gasteiger partial charge on any atom is -0.444 e. The Balaban J connectivity index is 1.79. The van der Waals surface area contributed by atoms with E-state index in [2.05, 4.69) is 20.2 Å². The predicted molar refractivity (Wildman–Crippen MR) is 86.7 cm³/mol. The van der Waals surface area contributed by atoms with Crippen molar-refractivity contribution in [2.75, 3.05) is 42.6 Å². The van der Waals surface area contributed by atoms with Gasteiger partial charge in [0, 0.05) is 24.5 Å². The second kappa shape index (κ2) is 6.20. The van der Waals surface area contributed by atoms with Crippen molar-refractivity contribution in [2.24, 2.45) is 0 Å². The zero-order chi connectivity index (χ0) is 14.8. The molecule has 1 aromatic rings. The summed E-state index contributed by atoms with van der Waals surface area (Å²) in [5, 5.41) is 1.10. The summed E-state index contributed by atoms with van der Waals surface area (Å²) in [7, 11) is 2.77. The quantitative estimate of drug-likeness (QED) is 0.798. The molecule has 1 amide bonds. The Labute approximate surface area is 127 Å². The van der Waals surface area contributed by atoms with Crippen molar-refractivity contribution in [1.82, 2.24) is 0 Å². The molecule has 5 nitrogen and oxygen atoms in total. The molecule has 0 aromatic heterocycles.